The Hall–Kier alpha value is -1.84. The van der Waals surface area contributed by atoms with Crippen molar-refractivity contribution in [1.29, 1.82) is 0 Å². The van der Waals surface area contributed by atoms with Gasteiger partial charge in [-0.25, -0.2) is 0 Å². The highest BCUT2D eigenvalue weighted by atomic mass is 32.2. The van der Waals surface area contributed by atoms with Crippen LogP contribution in [0.2, 0.25) is 0 Å². The largest absolute Gasteiger partial charge is 0.497 e. The van der Waals surface area contributed by atoms with E-state index in [-0.39, 0.29) is 18.5 Å². The quantitative estimate of drug-likeness (QED) is 0.618. The molecule has 1 saturated heterocycles. The Morgan fingerprint density at radius 1 is 1.21 bits per heavy atom. The summed E-state index contributed by atoms with van der Waals surface area (Å²) in [6.45, 7) is 5.08. The van der Waals surface area contributed by atoms with Crippen molar-refractivity contribution in [3.63, 3.8) is 0 Å². The summed E-state index contributed by atoms with van der Waals surface area (Å²) in [7, 11) is 0.785. The van der Waals surface area contributed by atoms with E-state index >= 15 is 0 Å². The maximum absolute atomic E-state index is 13.2. The number of nitrogens with zero attached hydrogens (tertiary/aromatic N) is 3. The Balaban J connectivity index is 2.29. The highest BCUT2D eigenvalue weighted by molar-refractivity contribution is 7.86. The fourth-order valence-corrected chi connectivity index (χ4v) is 5.09. The van der Waals surface area contributed by atoms with Crippen LogP contribution in [-0.2, 0) is 15.0 Å². The second-order valence-electron chi connectivity index (χ2n) is 6.71. The number of ether oxygens (including phenoxy) is 2. The Bertz CT molecular complexity index is 780. The Kier molecular flexibility index (Phi) is 7.68. The van der Waals surface area contributed by atoms with Crippen molar-refractivity contribution >= 4 is 16.1 Å². The van der Waals surface area contributed by atoms with E-state index in [4.69, 9.17) is 9.47 Å². The van der Waals surface area contributed by atoms with Crippen LogP contribution in [0.1, 0.15) is 38.3 Å². The average molecular weight is 414 g/mol. The predicted molar refractivity (Wildman–Crippen MR) is 108 cm³/mol. The van der Waals surface area contributed by atoms with Crippen LogP contribution in [0, 0.1) is 0 Å². The van der Waals surface area contributed by atoms with Crippen molar-refractivity contribution in [3.8, 4) is 11.5 Å². The molecule has 0 spiro atoms. The lowest BCUT2D eigenvalue weighted by Crippen LogP contribution is -2.46. The average Bonchev–Trinajstić information content (AvgIpc) is 3.18. The fourth-order valence-electron chi connectivity index (χ4n) is 3.55. The molecule has 1 amide bonds. The summed E-state index contributed by atoms with van der Waals surface area (Å²) in [4.78, 5) is 14.0. The number of hydrogen-bond donors (Lipinski definition) is 0. The standard InChI is InChI=1S/C19H31N3O5S/c1-6-21(7-2)19(23)14-20(3)28(24,25)22-12-8-9-17(22)16-13-15(26-4)10-11-18(16)27-5/h10-11,13,17H,6-9,12,14H2,1-5H3/t17-/m0/s1. The van der Waals surface area contributed by atoms with Crippen molar-refractivity contribution in [3.05, 3.63) is 23.8 Å². The molecule has 1 heterocycles. The Labute approximate surface area is 168 Å². The second kappa shape index (κ2) is 9.58. The van der Waals surface area contributed by atoms with E-state index in [2.05, 4.69) is 0 Å². The molecule has 0 saturated carbocycles. The number of methoxy groups -OCH3 is 2. The van der Waals surface area contributed by atoms with Gasteiger partial charge in [-0.2, -0.15) is 17.0 Å². The molecule has 0 aliphatic carbocycles. The molecule has 0 N–H and O–H groups in total. The van der Waals surface area contributed by atoms with Crippen molar-refractivity contribution in [1.82, 2.24) is 13.5 Å². The van der Waals surface area contributed by atoms with Gasteiger partial charge < -0.3 is 14.4 Å². The van der Waals surface area contributed by atoms with Crippen LogP contribution in [0.25, 0.3) is 0 Å². The zero-order chi connectivity index (χ0) is 20.9. The third-order valence-electron chi connectivity index (χ3n) is 5.16. The van der Waals surface area contributed by atoms with Crippen molar-refractivity contribution < 1.29 is 22.7 Å². The van der Waals surface area contributed by atoms with Gasteiger partial charge in [-0.15, -0.1) is 0 Å². The Morgan fingerprint density at radius 2 is 1.89 bits per heavy atom. The summed E-state index contributed by atoms with van der Waals surface area (Å²) in [5.74, 6) is 1.06. The van der Waals surface area contributed by atoms with Crippen LogP contribution in [0.3, 0.4) is 0 Å². The smallest absolute Gasteiger partial charge is 0.282 e. The topological polar surface area (TPSA) is 79.4 Å². The molecular formula is C19H31N3O5S. The molecular weight excluding hydrogens is 382 g/mol. The van der Waals surface area contributed by atoms with E-state index in [0.717, 1.165) is 16.3 Å². The first-order chi connectivity index (χ1) is 13.3. The van der Waals surface area contributed by atoms with Crippen LogP contribution < -0.4 is 9.47 Å². The van der Waals surface area contributed by atoms with E-state index in [1.807, 2.05) is 19.9 Å². The molecule has 8 nitrogen and oxygen atoms in total. The zero-order valence-corrected chi connectivity index (χ0v) is 18.2. The third kappa shape index (κ3) is 4.59. The number of carbonyl (C=O) groups excluding carboxylic acids is 1. The molecule has 158 valence electrons. The molecule has 0 radical (unpaired) electrons. The molecule has 1 atom stereocenters. The van der Waals surface area contributed by atoms with Gasteiger partial charge in [0.25, 0.3) is 10.2 Å². The first-order valence-corrected chi connectivity index (χ1v) is 10.9. The molecule has 1 aromatic rings. The fraction of sp³-hybridized carbons (Fsp3) is 0.632. The lowest BCUT2D eigenvalue weighted by Gasteiger charge is -2.30. The van der Waals surface area contributed by atoms with Crippen LogP contribution in [0.5, 0.6) is 11.5 Å². The van der Waals surface area contributed by atoms with Crippen LogP contribution >= 0.6 is 0 Å². The van der Waals surface area contributed by atoms with Gasteiger partial charge in [0.05, 0.1) is 26.8 Å². The van der Waals surface area contributed by atoms with Gasteiger partial charge in [0, 0.05) is 32.2 Å². The number of benzene rings is 1. The predicted octanol–water partition coefficient (Wildman–Crippen LogP) is 1.89. The van der Waals surface area contributed by atoms with E-state index in [1.54, 1.807) is 31.3 Å². The van der Waals surface area contributed by atoms with E-state index in [1.165, 1.54) is 11.4 Å². The first-order valence-electron chi connectivity index (χ1n) is 9.52. The van der Waals surface area contributed by atoms with Crippen molar-refractivity contribution in [2.75, 3.05) is 47.4 Å². The number of likely N-dealkylation sites (N-methyl/N-ethyl adjacent to an activating group) is 2. The molecule has 1 aliphatic heterocycles. The molecule has 0 bridgehead atoms. The third-order valence-corrected chi connectivity index (χ3v) is 7.11. The summed E-state index contributed by atoms with van der Waals surface area (Å²) < 4.78 is 39.8. The van der Waals surface area contributed by atoms with E-state index in [9.17, 15) is 13.2 Å². The molecule has 0 unspecified atom stereocenters. The minimum absolute atomic E-state index is 0.178. The highest BCUT2D eigenvalue weighted by Gasteiger charge is 2.39. The van der Waals surface area contributed by atoms with Crippen LogP contribution in [-0.4, -0.2) is 75.3 Å². The molecule has 0 aromatic heterocycles. The monoisotopic (exact) mass is 413 g/mol. The highest BCUT2D eigenvalue weighted by Crippen LogP contribution is 2.40. The Morgan fingerprint density at radius 3 is 2.46 bits per heavy atom. The second-order valence-corrected chi connectivity index (χ2v) is 8.69. The summed E-state index contributed by atoms with van der Waals surface area (Å²) in [5, 5.41) is 0. The lowest BCUT2D eigenvalue weighted by atomic mass is 10.0. The van der Waals surface area contributed by atoms with Crippen LogP contribution in [0.15, 0.2) is 18.2 Å². The summed E-state index contributed by atoms with van der Waals surface area (Å²) in [6.07, 6.45) is 1.42. The van der Waals surface area contributed by atoms with E-state index < -0.39 is 10.2 Å². The van der Waals surface area contributed by atoms with Crippen molar-refractivity contribution in [2.45, 2.75) is 32.7 Å². The van der Waals surface area contributed by atoms with Gasteiger partial charge in [0.2, 0.25) is 5.91 Å². The molecule has 1 aliphatic rings. The minimum Gasteiger partial charge on any atom is -0.497 e. The van der Waals surface area contributed by atoms with Gasteiger partial charge in [-0.1, -0.05) is 0 Å². The zero-order valence-electron chi connectivity index (χ0n) is 17.3. The molecule has 9 heteroatoms. The number of carbonyl (C=O) groups is 1. The van der Waals surface area contributed by atoms with Crippen molar-refractivity contribution in [2.24, 2.45) is 0 Å². The number of rotatable bonds is 9. The molecule has 2 rings (SSSR count). The molecule has 1 aromatic carbocycles. The van der Waals surface area contributed by atoms with E-state index in [0.29, 0.717) is 37.6 Å². The summed E-state index contributed by atoms with van der Waals surface area (Å²) in [6, 6.07) is 5.02. The van der Waals surface area contributed by atoms with Gasteiger partial charge in [-0.05, 0) is 44.9 Å². The number of amides is 1. The minimum atomic E-state index is -3.80. The number of hydrogen-bond acceptors (Lipinski definition) is 5. The SMILES string of the molecule is CCN(CC)C(=O)CN(C)S(=O)(=O)N1CCC[C@H]1c1cc(OC)ccc1OC. The maximum atomic E-state index is 13.2. The first kappa shape index (κ1) is 22.4. The van der Waals surface area contributed by atoms with Gasteiger partial charge in [0.15, 0.2) is 0 Å². The maximum Gasteiger partial charge on any atom is 0.282 e. The van der Waals surface area contributed by atoms with Gasteiger partial charge in [-0.3, -0.25) is 4.79 Å². The normalized spacial score (nSPS) is 17.7. The lowest BCUT2D eigenvalue weighted by molar-refractivity contribution is -0.130. The van der Waals surface area contributed by atoms with Crippen LogP contribution in [0.4, 0.5) is 0 Å². The van der Waals surface area contributed by atoms with Gasteiger partial charge >= 0.3 is 0 Å². The molecule has 28 heavy (non-hydrogen) atoms. The molecule has 1 fully saturated rings. The summed E-state index contributed by atoms with van der Waals surface area (Å²) >= 11 is 0. The van der Waals surface area contributed by atoms with Gasteiger partial charge in [0.1, 0.15) is 11.5 Å². The summed E-state index contributed by atoms with van der Waals surface area (Å²) in [5.41, 5.74) is 0.770.